The third kappa shape index (κ3) is 3.58. The molecule has 0 amide bonds. The fraction of sp³-hybridized carbons (Fsp3) is 0.190. The van der Waals surface area contributed by atoms with E-state index in [9.17, 15) is 8.42 Å². The molecule has 2 aromatic heterocycles. The molecule has 0 aliphatic heterocycles. The molecule has 0 saturated carbocycles. The van der Waals surface area contributed by atoms with Crippen LogP contribution in [0.25, 0.3) is 10.9 Å². The minimum atomic E-state index is -3.62. The van der Waals surface area contributed by atoms with Crippen LogP contribution in [-0.4, -0.2) is 22.5 Å². The Labute approximate surface area is 164 Å². The van der Waals surface area contributed by atoms with Gasteiger partial charge in [0.1, 0.15) is 0 Å². The van der Waals surface area contributed by atoms with Crippen molar-refractivity contribution in [3.05, 3.63) is 85.1 Å². The largest absolute Gasteiger partial charge is 0.333 e. The summed E-state index contributed by atoms with van der Waals surface area (Å²) in [4.78, 5) is 4.37. The van der Waals surface area contributed by atoms with Crippen LogP contribution in [0.4, 0.5) is 0 Å². The van der Waals surface area contributed by atoms with Crippen molar-refractivity contribution in [2.24, 2.45) is 0 Å². The molecule has 4 rings (SSSR count). The summed E-state index contributed by atoms with van der Waals surface area (Å²) >= 11 is 0. The van der Waals surface area contributed by atoms with E-state index in [2.05, 4.69) is 15.8 Å². The first-order valence-electron chi connectivity index (χ1n) is 9.20. The van der Waals surface area contributed by atoms with Crippen molar-refractivity contribution in [3.8, 4) is 0 Å². The van der Waals surface area contributed by atoms with Crippen molar-refractivity contribution in [1.82, 2.24) is 18.8 Å². The zero-order chi connectivity index (χ0) is 19.6. The summed E-state index contributed by atoms with van der Waals surface area (Å²) in [7, 11) is -3.62. The number of aromatic nitrogens is 3. The van der Waals surface area contributed by atoms with Gasteiger partial charge in [0.05, 0.1) is 23.9 Å². The number of sulfonamides is 1. The first kappa shape index (κ1) is 18.5. The van der Waals surface area contributed by atoms with Gasteiger partial charge in [-0.2, -0.15) is 4.72 Å². The summed E-state index contributed by atoms with van der Waals surface area (Å²) in [5.41, 5.74) is 2.12. The molecule has 1 N–H and O–H groups in total. The minimum absolute atomic E-state index is 0.267. The minimum Gasteiger partial charge on any atom is -0.333 e. The van der Waals surface area contributed by atoms with Gasteiger partial charge < -0.3 is 9.13 Å². The normalized spacial score (nSPS) is 13.0. The lowest BCUT2D eigenvalue weighted by molar-refractivity contribution is 0.459. The predicted octanol–water partition coefficient (Wildman–Crippen LogP) is 3.77. The molecule has 2 aromatic carbocycles. The van der Waals surface area contributed by atoms with Gasteiger partial charge in [-0.3, -0.25) is 0 Å². The summed E-state index contributed by atoms with van der Waals surface area (Å²) in [6, 6.07) is 16.5. The van der Waals surface area contributed by atoms with Crippen molar-refractivity contribution in [3.63, 3.8) is 0 Å². The maximum Gasteiger partial charge on any atom is 0.242 e. The Hall–Kier alpha value is -2.90. The third-order valence-electron chi connectivity index (χ3n) is 4.80. The maximum absolute atomic E-state index is 12.8. The zero-order valence-electron chi connectivity index (χ0n) is 15.6. The summed E-state index contributed by atoms with van der Waals surface area (Å²) in [5.74, 6) is 0. The molecule has 7 heteroatoms. The third-order valence-corrected chi connectivity index (χ3v) is 6.28. The molecule has 0 aliphatic carbocycles. The molecule has 28 heavy (non-hydrogen) atoms. The topological polar surface area (TPSA) is 68.9 Å². The number of rotatable bonds is 7. The fourth-order valence-corrected chi connectivity index (χ4v) is 4.71. The molecule has 144 valence electrons. The average Bonchev–Trinajstić information content (AvgIpc) is 3.36. The first-order chi connectivity index (χ1) is 13.6. The lowest BCUT2D eigenvalue weighted by Crippen LogP contribution is -2.31. The summed E-state index contributed by atoms with van der Waals surface area (Å²) in [5, 5.41) is 1.11. The second kappa shape index (κ2) is 7.61. The molecule has 4 aromatic rings. The Morgan fingerprint density at radius 3 is 2.54 bits per heavy atom. The Balaban J connectivity index is 1.72. The number of benzene rings is 2. The zero-order valence-corrected chi connectivity index (χ0v) is 16.4. The van der Waals surface area contributed by atoms with Gasteiger partial charge in [-0.1, -0.05) is 43.3 Å². The molecule has 1 atom stereocenters. The molecule has 6 nitrogen and oxygen atoms in total. The van der Waals surface area contributed by atoms with Gasteiger partial charge in [0.2, 0.25) is 10.0 Å². The van der Waals surface area contributed by atoms with Crippen molar-refractivity contribution < 1.29 is 8.42 Å². The molecule has 2 heterocycles. The number of hydrogen-bond donors (Lipinski definition) is 1. The number of imidazole rings is 1. The summed E-state index contributed by atoms with van der Waals surface area (Å²) in [6.07, 6.45) is 7.72. The van der Waals surface area contributed by atoms with Gasteiger partial charge in [-0.25, -0.2) is 13.4 Å². The summed E-state index contributed by atoms with van der Waals surface area (Å²) in [6.45, 7) is 2.65. The number of nitrogens with one attached hydrogen (secondary N) is 1. The lowest BCUT2D eigenvalue weighted by atomic mass is 10.2. The first-order valence-corrected chi connectivity index (χ1v) is 10.7. The van der Waals surface area contributed by atoms with Crippen LogP contribution in [0.15, 0.2) is 84.4 Å². The molecule has 1 unspecified atom stereocenters. The average molecular weight is 395 g/mol. The van der Waals surface area contributed by atoms with Gasteiger partial charge >= 0.3 is 0 Å². The van der Waals surface area contributed by atoms with Crippen molar-refractivity contribution in [2.75, 3.05) is 0 Å². The van der Waals surface area contributed by atoms with Gasteiger partial charge in [0.15, 0.2) is 0 Å². The maximum atomic E-state index is 12.8. The fourth-order valence-electron chi connectivity index (χ4n) is 3.42. The van der Waals surface area contributed by atoms with Crippen LogP contribution >= 0.6 is 0 Å². The molecule has 0 spiro atoms. The van der Waals surface area contributed by atoms with E-state index in [1.54, 1.807) is 42.9 Å². The van der Waals surface area contributed by atoms with Crippen LogP contribution < -0.4 is 4.72 Å². The van der Waals surface area contributed by atoms with Crippen LogP contribution in [0.5, 0.6) is 0 Å². The number of fused-ring (bicyclic) bond motifs is 1. The lowest BCUT2D eigenvalue weighted by Gasteiger charge is -2.20. The van der Waals surface area contributed by atoms with Crippen molar-refractivity contribution >= 4 is 20.9 Å². The smallest absolute Gasteiger partial charge is 0.242 e. The summed E-state index contributed by atoms with van der Waals surface area (Å²) < 4.78 is 32.5. The highest BCUT2D eigenvalue weighted by Crippen LogP contribution is 2.27. The van der Waals surface area contributed by atoms with Crippen molar-refractivity contribution in [1.29, 1.82) is 0 Å². The van der Waals surface area contributed by atoms with E-state index in [0.29, 0.717) is 13.0 Å². The van der Waals surface area contributed by atoms with Crippen LogP contribution in [-0.2, 0) is 16.6 Å². The Kier molecular flexibility index (Phi) is 5.02. The number of hydrogen-bond acceptors (Lipinski definition) is 3. The molecule has 0 fully saturated rings. The van der Waals surface area contributed by atoms with Gasteiger partial charge in [-0.15, -0.1) is 0 Å². The van der Waals surface area contributed by atoms with Crippen LogP contribution in [0.1, 0.15) is 25.1 Å². The van der Waals surface area contributed by atoms with E-state index < -0.39 is 10.0 Å². The standard InChI is InChI=1S/C21H22N4O2S/c1-2-21(23-28(26,27)18-8-4-3-5-9-18)25-15-17(14-24-13-12-22-16-24)19-10-6-7-11-20(19)25/h3-13,15-16,21,23H,2,14H2,1H3. The molecular formula is C21H22N4O2S. The second-order valence-corrected chi connectivity index (χ2v) is 8.39. The molecule has 0 radical (unpaired) electrons. The quantitative estimate of drug-likeness (QED) is 0.519. The van der Waals surface area contributed by atoms with Crippen LogP contribution in [0.3, 0.4) is 0 Å². The van der Waals surface area contributed by atoms with E-state index in [0.717, 1.165) is 16.5 Å². The Morgan fingerprint density at radius 2 is 1.82 bits per heavy atom. The SMILES string of the molecule is CCC(NS(=O)(=O)c1ccccc1)n1cc(Cn2ccnc2)c2ccccc21. The monoisotopic (exact) mass is 394 g/mol. The Bertz CT molecular complexity index is 1170. The van der Waals surface area contributed by atoms with Gasteiger partial charge in [0.25, 0.3) is 0 Å². The van der Waals surface area contributed by atoms with E-state index in [4.69, 9.17) is 0 Å². The molecule has 0 bridgehead atoms. The van der Waals surface area contributed by atoms with E-state index in [-0.39, 0.29) is 11.1 Å². The Morgan fingerprint density at radius 1 is 1.07 bits per heavy atom. The van der Waals surface area contributed by atoms with Gasteiger partial charge in [0, 0.05) is 29.5 Å². The number of para-hydroxylation sites is 1. The molecule has 0 aliphatic rings. The van der Waals surface area contributed by atoms with Crippen LogP contribution in [0, 0.1) is 0 Å². The number of nitrogens with zero attached hydrogens (tertiary/aromatic N) is 3. The van der Waals surface area contributed by atoms with E-state index in [1.165, 1.54) is 0 Å². The molecular weight excluding hydrogens is 372 g/mol. The molecule has 0 saturated heterocycles. The van der Waals surface area contributed by atoms with E-state index >= 15 is 0 Å². The predicted molar refractivity (Wildman–Crippen MR) is 109 cm³/mol. The second-order valence-electron chi connectivity index (χ2n) is 6.67. The highest BCUT2D eigenvalue weighted by atomic mass is 32.2. The van der Waals surface area contributed by atoms with Crippen LogP contribution in [0.2, 0.25) is 0 Å². The van der Waals surface area contributed by atoms with Crippen molar-refractivity contribution in [2.45, 2.75) is 31.0 Å². The van der Waals surface area contributed by atoms with E-state index in [1.807, 2.05) is 46.7 Å². The highest BCUT2D eigenvalue weighted by molar-refractivity contribution is 7.89. The van der Waals surface area contributed by atoms with Gasteiger partial charge in [-0.05, 0) is 30.2 Å². The highest BCUT2D eigenvalue weighted by Gasteiger charge is 2.22.